The molecule has 2 N–H and O–H groups in total. The van der Waals surface area contributed by atoms with Crippen molar-refractivity contribution in [2.75, 3.05) is 26.7 Å². The summed E-state index contributed by atoms with van der Waals surface area (Å²) in [6.45, 7) is 3.78. The zero-order valence-corrected chi connectivity index (χ0v) is 15.6. The Hall–Kier alpha value is -3.00. The van der Waals surface area contributed by atoms with Gasteiger partial charge >= 0.3 is 0 Å². The van der Waals surface area contributed by atoms with Crippen LogP contribution in [0.5, 0.6) is 5.75 Å². The number of imide groups is 1. The van der Waals surface area contributed by atoms with Crippen LogP contribution < -0.4 is 15.4 Å². The Morgan fingerprint density at radius 1 is 1.22 bits per heavy atom. The summed E-state index contributed by atoms with van der Waals surface area (Å²) in [5.41, 5.74) is 2.10. The minimum atomic E-state index is -0.707. The molecule has 1 aliphatic heterocycles. The van der Waals surface area contributed by atoms with Crippen molar-refractivity contribution in [3.05, 3.63) is 41.0 Å². The molecular formula is C19H23N3O5. The van der Waals surface area contributed by atoms with Crippen LogP contribution in [0.2, 0.25) is 0 Å². The first-order chi connectivity index (χ1) is 12.9. The summed E-state index contributed by atoms with van der Waals surface area (Å²) < 4.78 is 5.78. The van der Waals surface area contributed by atoms with Gasteiger partial charge in [0.1, 0.15) is 12.4 Å². The van der Waals surface area contributed by atoms with Gasteiger partial charge in [-0.15, -0.1) is 0 Å². The average Bonchev–Trinajstić information content (AvgIpc) is 2.94. The standard InChI is InChI=1S/C19H23N3O5/c1-12-6-13(2)15(10-23)16(7-12)27-11-14(8-21-17(24)9-20-3)22-18(25)4-5-19(22)26/h4-7,10,14,20H,8-9,11H2,1-3H3,(H,21,24). The molecule has 144 valence electrons. The number of aldehydes is 1. The number of ether oxygens (including phenoxy) is 1. The number of nitrogens with zero attached hydrogens (tertiary/aromatic N) is 1. The minimum absolute atomic E-state index is 0.0426. The summed E-state index contributed by atoms with van der Waals surface area (Å²) in [6, 6.07) is 2.88. The zero-order valence-electron chi connectivity index (χ0n) is 15.6. The Kier molecular flexibility index (Phi) is 6.84. The second-order valence-electron chi connectivity index (χ2n) is 6.29. The second-order valence-corrected chi connectivity index (χ2v) is 6.29. The van der Waals surface area contributed by atoms with Crippen molar-refractivity contribution < 1.29 is 23.9 Å². The first kappa shape index (κ1) is 20.3. The lowest BCUT2D eigenvalue weighted by atomic mass is 10.1. The highest BCUT2D eigenvalue weighted by Gasteiger charge is 2.32. The van der Waals surface area contributed by atoms with Crippen LogP contribution in [0.3, 0.4) is 0 Å². The molecule has 3 amide bonds. The number of rotatable bonds is 9. The third-order valence-corrected chi connectivity index (χ3v) is 4.12. The van der Waals surface area contributed by atoms with Crippen molar-refractivity contribution in [1.82, 2.24) is 15.5 Å². The maximum atomic E-state index is 12.0. The van der Waals surface area contributed by atoms with Gasteiger partial charge in [0.15, 0.2) is 6.29 Å². The molecule has 8 heteroatoms. The molecule has 0 aromatic heterocycles. The summed E-state index contributed by atoms with van der Waals surface area (Å²) in [4.78, 5) is 48.2. The predicted octanol–water partition coefficient (Wildman–Crippen LogP) is 0.124. The molecule has 0 aliphatic carbocycles. The van der Waals surface area contributed by atoms with Crippen LogP contribution in [-0.4, -0.2) is 61.7 Å². The van der Waals surface area contributed by atoms with Gasteiger partial charge in [-0.1, -0.05) is 6.07 Å². The van der Waals surface area contributed by atoms with E-state index in [0.29, 0.717) is 17.6 Å². The monoisotopic (exact) mass is 373 g/mol. The number of likely N-dealkylation sites (N-methyl/N-ethyl adjacent to an activating group) is 1. The van der Waals surface area contributed by atoms with Crippen LogP contribution in [-0.2, 0) is 14.4 Å². The van der Waals surface area contributed by atoms with E-state index in [1.807, 2.05) is 13.0 Å². The molecule has 27 heavy (non-hydrogen) atoms. The van der Waals surface area contributed by atoms with Crippen LogP contribution in [0.1, 0.15) is 21.5 Å². The zero-order chi connectivity index (χ0) is 20.0. The quantitative estimate of drug-likeness (QED) is 0.471. The lowest BCUT2D eigenvalue weighted by Gasteiger charge is -2.27. The fourth-order valence-corrected chi connectivity index (χ4v) is 2.85. The van der Waals surface area contributed by atoms with Gasteiger partial charge in [0.25, 0.3) is 11.8 Å². The van der Waals surface area contributed by atoms with E-state index in [9.17, 15) is 19.2 Å². The average molecular weight is 373 g/mol. The maximum absolute atomic E-state index is 12.0. The molecule has 0 spiro atoms. The molecule has 0 fully saturated rings. The molecular weight excluding hydrogens is 350 g/mol. The summed E-state index contributed by atoms with van der Waals surface area (Å²) in [6.07, 6.45) is 3.07. The molecule has 1 atom stereocenters. The molecule has 1 aliphatic rings. The smallest absolute Gasteiger partial charge is 0.254 e. The molecule has 1 unspecified atom stereocenters. The summed E-state index contributed by atoms with van der Waals surface area (Å²) in [5, 5.41) is 5.39. The van der Waals surface area contributed by atoms with Crippen molar-refractivity contribution in [2.45, 2.75) is 19.9 Å². The lowest BCUT2D eigenvalue weighted by Crippen LogP contribution is -2.50. The van der Waals surface area contributed by atoms with E-state index in [-0.39, 0.29) is 25.6 Å². The van der Waals surface area contributed by atoms with Gasteiger partial charge in [0, 0.05) is 18.7 Å². The van der Waals surface area contributed by atoms with E-state index in [1.165, 1.54) is 12.2 Å². The molecule has 0 radical (unpaired) electrons. The van der Waals surface area contributed by atoms with Crippen LogP contribution >= 0.6 is 0 Å². The Morgan fingerprint density at radius 3 is 2.48 bits per heavy atom. The lowest BCUT2D eigenvalue weighted by molar-refractivity contribution is -0.140. The van der Waals surface area contributed by atoms with E-state index in [2.05, 4.69) is 10.6 Å². The minimum Gasteiger partial charge on any atom is -0.491 e. The molecule has 2 rings (SSSR count). The second kappa shape index (κ2) is 9.09. The van der Waals surface area contributed by atoms with Crippen molar-refractivity contribution in [2.24, 2.45) is 0 Å². The third kappa shape index (κ3) is 5.01. The predicted molar refractivity (Wildman–Crippen MR) is 98.5 cm³/mol. The van der Waals surface area contributed by atoms with E-state index in [0.717, 1.165) is 16.0 Å². The molecule has 8 nitrogen and oxygen atoms in total. The van der Waals surface area contributed by atoms with Crippen molar-refractivity contribution in [1.29, 1.82) is 0 Å². The van der Waals surface area contributed by atoms with Gasteiger partial charge in [0.2, 0.25) is 5.91 Å². The van der Waals surface area contributed by atoms with Gasteiger partial charge in [-0.2, -0.15) is 0 Å². The normalized spacial score (nSPS) is 14.4. The summed E-state index contributed by atoms with van der Waals surface area (Å²) >= 11 is 0. The largest absolute Gasteiger partial charge is 0.491 e. The van der Waals surface area contributed by atoms with Gasteiger partial charge in [0.05, 0.1) is 18.2 Å². The number of aryl methyl sites for hydroxylation is 2. The first-order valence-electron chi connectivity index (χ1n) is 8.53. The Balaban J connectivity index is 2.17. The number of hydrogen-bond acceptors (Lipinski definition) is 6. The first-order valence-corrected chi connectivity index (χ1v) is 8.53. The number of carbonyl (C=O) groups is 4. The highest BCUT2D eigenvalue weighted by Crippen LogP contribution is 2.23. The number of carbonyl (C=O) groups excluding carboxylic acids is 4. The van der Waals surface area contributed by atoms with Gasteiger partial charge in [-0.05, 0) is 38.1 Å². The Bertz CT molecular complexity index is 770. The van der Waals surface area contributed by atoms with Gasteiger partial charge in [-0.3, -0.25) is 24.1 Å². The van der Waals surface area contributed by atoms with E-state index in [4.69, 9.17) is 4.74 Å². The number of hydrogen-bond donors (Lipinski definition) is 2. The van der Waals surface area contributed by atoms with Gasteiger partial charge in [-0.25, -0.2) is 0 Å². The summed E-state index contributed by atoms with van der Waals surface area (Å²) in [7, 11) is 1.64. The van der Waals surface area contributed by atoms with Crippen LogP contribution in [0.4, 0.5) is 0 Å². The van der Waals surface area contributed by atoms with Crippen LogP contribution in [0.15, 0.2) is 24.3 Å². The Labute approximate surface area is 157 Å². The molecule has 0 bridgehead atoms. The van der Waals surface area contributed by atoms with Crippen molar-refractivity contribution >= 4 is 24.0 Å². The van der Waals surface area contributed by atoms with Crippen molar-refractivity contribution in [3.8, 4) is 5.75 Å². The highest BCUT2D eigenvalue weighted by molar-refractivity contribution is 6.13. The van der Waals surface area contributed by atoms with E-state index >= 15 is 0 Å². The van der Waals surface area contributed by atoms with E-state index < -0.39 is 17.9 Å². The van der Waals surface area contributed by atoms with Crippen molar-refractivity contribution in [3.63, 3.8) is 0 Å². The number of benzene rings is 1. The molecule has 0 saturated carbocycles. The third-order valence-electron chi connectivity index (χ3n) is 4.12. The van der Waals surface area contributed by atoms with Gasteiger partial charge < -0.3 is 15.4 Å². The molecule has 1 aromatic carbocycles. The molecule has 1 heterocycles. The Morgan fingerprint density at radius 2 is 1.89 bits per heavy atom. The van der Waals surface area contributed by atoms with Crippen LogP contribution in [0, 0.1) is 13.8 Å². The fraction of sp³-hybridized carbons (Fsp3) is 0.368. The fourth-order valence-electron chi connectivity index (χ4n) is 2.85. The summed E-state index contributed by atoms with van der Waals surface area (Å²) in [5.74, 6) is -0.823. The van der Waals surface area contributed by atoms with E-state index in [1.54, 1.807) is 20.0 Å². The SMILES string of the molecule is CNCC(=O)NCC(COc1cc(C)cc(C)c1C=O)N1C(=O)C=CC1=O. The number of nitrogens with one attached hydrogen (secondary N) is 2. The highest BCUT2D eigenvalue weighted by atomic mass is 16.5. The molecule has 0 saturated heterocycles. The molecule has 1 aromatic rings. The number of amides is 3. The maximum Gasteiger partial charge on any atom is 0.254 e. The van der Waals surface area contributed by atoms with Crippen LogP contribution in [0.25, 0.3) is 0 Å². The topological polar surface area (TPSA) is 105 Å².